The lowest BCUT2D eigenvalue weighted by Crippen LogP contribution is -2.71. The monoisotopic (exact) mass is 384 g/mol. The first-order valence-electron chi connectivity index (χ1n) is 9.56. The van der Waals surface area contributed by atoms with Gasteiger partial charge < -0.3 is 9.64 Å². The molecule has 1 saturated heterocycles. The maximum absolute atomic E-state index is 13.5. The van der Waals surface area contributed by atoms with Gasteiger partial charge in [-0.1, -0.05) is 48.5 Å². The Morgan fingerprint density at radius 3 is 2.31 bits per heavy atom. The highest BCUT2D eigenvalue weighted by atomic mass is 16.5. The molecule has 3 aromatic carbocycles. The standard InChI is InChI=1S/C24H20N2O3/c1-24-17-12-6-8-14-19(17)29-20-15-9-7-13-18(20)26(24)23(28)21(24)22(27)25(2)16-10-4-3-5-11-16/h3-15,21H,1-2H3/t21-,24+/m1/s1. The van der Waals surface area contributed by atoms with Crippen LogP contribution in [-0.4, -0.2) is 18.9 Å². The molecule has 0 aromatic heterocycles. The molecule has 5 rings (SSSR count). The largest absolute Gasteiger partial charge is 0.455 e. The second kappa shape index (κ2) is 6.21. The summed E-state index contributed by atoms with van der Waals surface area (Å²) in [4.78, 5) is 30.1. The highest BCUT2D eigenvalue weighted by molar-refractivity contribution is 6.20. The number of rotatable bonds is 2. The molecule has 5 nitrogen and oxygen atoms in total. The summed E-state index contributed by atoms with van der Waals surface area (Å²) in [7, 11) is 1.71. The molecule has 2 aliphatic heterocycles. The molecule has 2 amide bonds. The SMILES string of the molecule is CN(C(=O)[C@@H]1C(=O)N2c3ccccc3Oc3ccccc3[C@@]12C)c1ccccc1. The first-order valence-corrected chi connectivity index (χ1v) is 9.56. The Bertz CT molecular complexity index is 1130. The number of hydrogen-bond acceptors (Lipinski definition) is 3. The molecule has 29 heavy (non-hydrogen) atoms. The Morgan fingerprint density at radius 1 is 0.931 bits per heavy atom. The smallest absolute Gasteiger partial charge is 0.243 e. The zero-order chi connectivity index (χ0) is 20.2. The van der Waals surface area contributed by atoms with Gasteiger partial charge in [0.25, 0.3) is 0 Å². The van der Waals surface area contributed by atoms with Crippen LogP contribution in [0.2, 0.25) is 0 Å². The van der Waals surface area contributed by atoms with Crippen LogP contribution in [0.5, 0.6) is 11.5 Å². The molecule has 1 fully saturated rings. The van der Waals surface area contributed by atoms with Crippen molar-refractivity contribution in [3.8, 4) is 11.5 Å². The Kier molecular flexibility index (Phi) is 3.74. The third-order valence-electron chi connectivity index (χ3n) is 5.97. The van der Waals surface area contributed by atoms with Gasteiger partial charge >= 0.3 is 0 Å². The molecule has 0 aliphatic carbocycles. The van der Waals surface area contributed by atoms with Crippen molar-refractivity contribution in [1.29, 1.82) is 0 Å². The van der Waals surface area contributed by atoms with Crippen LogP contribution in [0, 0.1) is 5.92 Å². The van der Waals surface area contributed by atoms with Gasteiger partial charge in [-0.15, -0.1) is 0 Å². The predicted molar refractivity (Wildman–Crippen MR) is 111 cm³/mol. The molecule has 0 unspecified atom stereocenters. The average Bonchev–Trinajstić information content (AvgIpc) is 2.84. The minimum absolute atomic E-state index is 0.215. The zero-order valence-electron chi connectivity index (χ0n) is 16.2. The molecule has 0 spiro atoms. The number of ether oxygens (including phenoxy) is 1. The van der Waals surface area contributed by atoms with Gasteiger partial charge in [0, 0.05) is 18.3 Å². The van der Waals surface area contributed by atoms with E-state index >= 15 is 0 Å². The van der Waals surface area contributed by atoms with E-state index in [9.17, 15) is 9.59 Å². The number of hydrogen-bond donors (Lipinski definition) is 0. The van der Waals surface area contributed by atoms with Gasteiger partial charge in [0.2, 0.25) is 11.8 Å². The Hall–Kier alpha value is -3.60. The van der Waals surface area contributed by atoms with Crippen LogP contribution in [0.1, 0.15) is 12.5 Å². The van der Waals surface area contributed by atoms with Gasteiger partial charge in [0.05, 0.1) is 11.2 Å². The minimum Gasteiger partial charge on any atom is -0.455 e. The molecule has 144 valence electrons. The molecule has 2 atom stereocenters. The highest BCUT2D eigenvalue weighted by Gasteiger charge is 2.64. The van der Waals surface area contributed by atoms with Crippen molar-refractivity contribution < 1.29 is 14.3 Å². The van der Waals surface area contributed by atoms with Gasteiger partial charge in [-0.2, -0.15) is 0 Å². The van der Waals surface area contributed by atoms with Crippen molar-refractivity contribution >= 4 is 23.2 Å². The van der Waals surface area contributed by atoms with E-state index in [0.29, 0.717) is 17.2 Å². The van der Waals surface area contributed by atoms with Crippen LogP contribution in [0.3, 0.4) is 0 Å². The molecular formula is C24H20N2O3. The lowest BCUT2D eigenvalue weighted by atomic mass is 9.68. The zero-order valence-corrected chi connectivity index (χ0v) is 16.2. The van der Waals surface area contributed by atoms with Crippen molar-refractivity contribution in [3.05, 3.63) is 84.4 Å². The summed E-state index contributed by atoms with van der Waals surface area (Å²) in [6.45, 7) is 1.94. The Balaban J connectivity index is 1.64. The maximum atomic E-state index is 13.5. The average molecular weight is 384 g/mol. The second-order valence-electron chi connectivity index (χ2n) is 7.55. The maximum Gasteiger partial charge on any atom is 0.243 e. The summed E-state index contributed by atoms with van der Waals surface area (Å²) in [5.41, 5.74) is 1.43. The third kappa shape index (κ3) is 2.34. The second-order valence-corrected chi connectivity index (χ2v) is 7.55. The van der Waals surface area contributed by atoms with E-state index < -0.39 is 11.5 Å². The van der Waals surface area contributed by atoms with E-state index in [2.05, 4.69) is 0 Å². The van der Waals surface area contributed by atoms with E-state index in [0.717, 1.165) is 11.3 Å². The molecule has 0 radical (unpaired) electrons. The summed E-state index contributed by atoms with van der Waals surface area (Å²) < 4.78 is 6.15. The molecule has 0 saturated carbocycles. The summed E-state index contributed by atoms with van der Waals surface area (Å²) in [6.07, 6.45) is 0. The van der Waals surface area contributed by atoms with E-state index in [1.807, 2.05) is 85.8 Å². The third-order valence-corrected chi connectivity index (χ3v) is 5.97. The van der Waals surface area contributed by atoms with E-state index in [-0.39, 0.29) is 11.8 Å². The predicted octanol–water partition coefficient (Wildman–Crippen LogP) is 4.33. The fraction of sp³-hybridized carbons (Fsp3) is 0.167. The summed E-state index contributed by atoms with van der Waals surface area (Å²) in [6, 6.07) is 24.4. The van der Waals surface area contributed by atoms with E-state index in [1.54, 1.807) is 16.8 Å². The molecule has 2 aliphatic rings. The van der Waals surface area contributed by atoms with Gasteiger partial charge in [-0.05, 0) is 37.3 Å². The lowest BCUT2D eigenvalue weighted by Gasteiger charge is -2.54. The molecule has 0 bridgehead atoms. The first-order chi connectivity index (χ1) is 14.0. The van der Waals surface area contributed by atoms with Gasteiger partial charge in [-0.3, -0.25) is 14.5 Å². The topological polar surface area (TPSA) is 49.9 Å². The van der Waals surface area contributed by atoms with Crippen LogP contribution in [0.4, 0.5) is 11.4 Å². The minimum atomic E-state index is -0.833. The lowest BCUT2D eigenvalue weighted by molar-refractivity contribution is -0.144. The van der Waals surface area contributed by atoms with Crippen LogP contribution in [0.25, 0.3) is 0 Å². The summed E-state index contributed by atoms with van der Waals surface area (Å²) in [5, 5.41) is 0. The van der Waals surface area contributed by atoms with Crippen molar-refractivity contribution in [2.45, 2.75) is 12.5 Å². The van der Waals surface area contributed by atoms with Gasteiger partial charge in [0.15, 0.2) is 5.75 Å². The van der Waals surface area contributed by atoms with Crippen molar-refractivity contribution in [2.24, 2.45) is 5.92 Å². The van der Waals surface area contributed by atoms with Crippen molar-refractivity contribution in [2.75, 3.05) is 16.8 Å². The number of carbonyl (C=O) groups is 2. The first kappa shape index (κ1) is 17.5. The molecule has 5 heteroatoms. The van der Waals surface area contributed by atoms with Crippen molar-refractivity contribution in [3.63, 3.8) is 0 Å². The van der Waals surface area contributed by atoms with Crippen LogP contribution in [-0.2, 0) is 15.1 Å². The molecule has 0 N–H and O–H groups in total. The number of benzene rings is 3. The highest BCUT2D eigenvalue weighted by Crippen LogP contribution is 2.56. The Labute approximate surface area is 169 Å². The normalized spacial score (nSPS) is 21.7. The quantitative estimate of drug-likeness (QED) is 0.488. The number of nitrogens with zero attached hydrogens (tertiary/aromatic N) is 2. The van der Waals surface area contributed by atoms with Gasteiger partial charge in [0.1, 0.15) is 11.7 Å². The van der Waals surface area contributed by atoms with Crippen molar-refractivity contribution in [1.82, 2.24) is 0 Å². The fourth-order valence-corrected chi connectivity index (χ4v) is 4.45. The number of para-hydroxylation sites is 4. The summed E-state index contributed by atoms with van der Waals surface area (Å²) in [5.74, 6) is 0.00253. The van der Waals surface area contributed by atoms with E-state index in [4.69, 9.17) is 4.74 Å². The molecule has 2 heterocycles. The van der Waals surface area contributed by atoms with E-state index in [1.165, 1.54) is 0 Å². The Morgan fingerprint density at radius 2 is 1.55 bits per heavy atom. The van der Waals surface area contributed by atoms with Crippen LogP contribution < -0.4 is 14.5 Å². The fourth-order valence-electron chi connectivity index (χ4n) is 4.45. The van der Waals surface area contributed by atoms with Crippen LogP contribution in [0.15, 0.2) is 78.9 Å². The number of anilines is 2. The van der Waals surface area contributed by atoms with Crippen LogP contribution >= 0.6 is 0 Å². The molecular weight excluding hydrogens is 364 g/mol. The summed E-state index contributed by atoms with van der Waals surface area (Å²) >= 11 is 0. The number of carbonyl (C=O) groups excluding carboxylic acids is 2. The number of amides is 2. The number of β-lactam (4-membered cyclic amide) rings is 1. The number of fused-ring (bicyclic) bond motifs is 5. The van der Waals surface area contributed by atoms with Gasteiger partial charge in [-0.25, -0.2) is 0 Å². The molecule has 3 aromatic rings.